The van der Waals surface area contributed by atoms with Gasteiger partial charge in [-0.05, 0) is 51.5 Å². The van der Waals surface area contributed by atoms with Gasteiger partial charge in [-0.1, -0.05) is 0 Å². The number of rotatable bonds is 8. The maximum atomic E-state index is 12.2. The standard InChI is InChI=1S/C20H28N4O5/c1-13(17(26)21-14-8-10-15(11-9-14)23(4)5)29-16(25)7-6-12-24-18(27)20(2,3)22-19(24)28/h8-11,13H,6-7,12H2,1-5H3,(H,21,26)(H,22,28)/t13-/m0/s1. The van der Waals surface area contributed by atoms with Crippen molar-refractivity contribution in [2.45, 2.75) is 45.3 Å². The molecule has 1 aliphatic heterocycles. The van der Waals surface area contributed by atoms with E-state index in [1.807, 2.05) is 31.1 Å². The van der Waals surface area contributed by atoms with Gasteiger partial charge in [0, 0.05) is 38.4 Å². The van der Waals surface area contributed by atoms with Crippen molar-refractivity contribution >= 4 is 35.2 Å². The van der Waals surface area contributed by atoms with E-state index in [0.717, 1.165) is 10.6 Å². The summed E-state index contributed by atoms with van der Waals surface area (Å²) >= 11 is 0. The fourth-order valence-corrected chi connectivity index (χ4v) is 2.80. The van der Waals surface area contributed by atoms with Gasteiger partial charge in [0.2, 0.25) is 0 Å². The molecular weight excluding hydrogens is 376 g/mol. The average Bonchev–Trinajstić information content (AvgIpc) is 2.83. The monoisotopic (exact) mass is 404 g/mol. The van der Waals surface area contributed by atoms with Crippen LogP contribution in [0.5, 0.6) is 0 Å². The van der Waals surface area contributed by atoms with E-state index in [-0.39, 0.29) is 25.3 Å². The fourth-order valence-electron chi connectivity index (χ4n) is 2.80. The van der Waals surface area contributed by atoms with Gasteiger partial charge in [-0.3, -0.25) is 19.3 Å². The van der Waals surface area contributed by atoms with Crippen LogP contribution in [0.25, 0.3) is 0 Å². The predicted octanol–water partition coefficient (Wildman–Crippen LogP) is 1.73. The number of hydrogen-bond donors (Lipinski definition) is 2. The molecule has 1 aliphatic rings. The lowest BCUT2D eigenvalue weighted by molar-refractivity contribution is -0.153. The van der Waals surface area contributed by atoms with Crippen molar-refractivity contribution in [3.8, 4) is 0 Å². The Balaban J connectivity index is 1.76. The highest BCUT2D eigenvalue weighted by Crippen LogP contribution is 2.18. The van der Waals surface area contributed by atoms with E-state index in [0.29, 0.717) is 5.69 Å². The van der Waals surface area contributed by atoms with Gasteiger partial charge in [-0.2, -0.15) is 0 Å². The van der Waals surface area contributed by atoms with Crippen molar-refractivity contribution in [3.05, 3.63) is 24.3 Å². The molecule has 0 radical (unpaired) electrons. The Kier molecular flexibility index (Phi) is 6.84. The van der Waals surface area contributed by atoms with Crippen molar-refractivity contribution in [2.75, 3.05) is 30.9 Å². The van der Waals surface area contributed by atoms with E-state index in [9.17, 15) is 19.2 Å². The van der Waals surface area contributed by atoms with Crippen LogP contribution in [-0.2, 0) is 19.1 Å². The molecule has 2 rings (SSSR count). The van der Waals surface area contributed by atoms with Gasteiger partial charge >= 0.3 is 12.0 Å². The van der Waals surface area contributed by atoms with Crippen molar-refractivity contribution in [1.82, 2.24) is 10.2 Å². The molecule has 0 aromatic heterocycles. The zero-order chi connectivity index (χ0) is 21.8. The second kappa shape index (κ2) is 8.93. The molecule has 2 N–H and O–H groups in total. The Morgan fingerprint density at radius 3 is 2.34 bits per heavy atom. The van der Waals surface area contributed by atoms with Gasteiger partial charge in [0.25, 0.3) is 11.8 Å². The molecule has 0 unspecified atom stereocenters. The number of amides is 4. The summed E-state index contributed by atoms with van der Waals surface area (Å²) in [6, 6.07) is 6.79. The molecule has 29 heavy (non-hydrogen) atoms. The van der Waals surface area contributed by atoms with Crippen LogP contribution in [0.3, 0.4) is 0 Å². The summed E-state index contributed by atoms with van der Waals surface area (Å²) in [7, 11) is 3.84. The number of ether oxygens (including phenoxy) is 1. The molecule has 4 amide bonds. The predicted molar refractivity (Wildman–Crippen MR) is 109 cm³/mol. The molecule has 1 heterocycles. The first-order valence-corrected chi connectivity index (χ1v) is 9.43. The van der Waals surface area contributed by atoms with E-state index in [4.69, 9.17) is 4.74 Å². The fraction of sp³-hybridized carbons (Fsp3) is 0.500. The second-order valence-corrected chi connectivity index (χ2v) is 7.68. The van der Waals surface area contributed by atoms with E-state index in [1.165, 1.54) is 6.92 Å². The van der Waals surface area contributed by atoms with Crippen molar-refractivity contribution < 1.29 is 23.9 Å². The third-order valence-corrected chi connectivity index (χ3v) is 4.54. The molecule has 1 aromatic carbocycles. The number of urea groups is 1. The summed E-state index contributed by atoms with van der Waals surface area (Å²) in [5.41, 5.74) is 0.662. The van der Waals surface area contributed by atoms with Crippen LogP contribution < -0.4 is 15.5 Å². The number of imide groups is 1. The van der Waals surface area contributed by atoms with Gasteiger partial charge in [0.05, 0.1) is 0 Å². The van der Waals surface area contributed by atoms with E-state index >= 15 is 0 Å². The first-order valence-electron chi connectivity index (χ1n) is 9.43. The lowest BCUT2D eigenvalue weighted by atomic mass is 10.1. The molecule has 0 saturated carbocycles. The molecule has 158 valence electrons. The maximum Gasteiger partial charge on any atom is 0.325 e. The molecule has 0 bridgehead atoms. The minimum absolute atomic E-state index is 0.00730. The molecule has 9 heteroatoms. The van der Waals surface area contributed by atoms with Gasteiger partial charge in [0.15, 0.2) is 6.10 Å². The lowest BCUT2D eigenvalue weighted by Gasteiger charge is -2.17. The van der Waals surface area contributed by atoms with Gasteiger partial charge in [0.1, 0.15) is 5.54 Å². The molecule has 0 aliphatic carbocycles. The number of nitrogens with zero attached hydrogens (tertiary/aromatic N) is 2. The van der Waals surface area contributed by atoms with Crippen LogP contribution in [0.1, 0.15) is 33.6 Å². The molecule has 1 fully saturated rings. The van der Waals surface area contributed by atoms with Gasteiger partial charge in [-0.15, -0.1) is 0 Å². The Morgan fingerprint density at radius 1 is 1.21 bits per heavy atom. The minimum Gasteiger partial charge on any atom is -0.453 e. The molecular formula is C20H28N4O5. The number of hydrogen-bond acceptors (Lipinski definition) is 6. The Bertz CT molecular complexity index is 789. The summed E-state index contributed by atoms with van der Waals surface area (Å²) in [6.07, 6.45) is -0.715. The molecule has 1 atom stereocenters. The van der Waals surface area contributed by atoms with Crippen molar-refractivity contribution in [3.63, 3.8) is 0 Å². The van der Waals surface area contributed by atoms with Crippen LogP contribution >= 0.6 is 0 Å². The number of nitrogens with one attached hydrogen (secondary N) is 2. The highest BCUT2D eigenvalue weighted by atomic mass is 16.5. The normalized spacial score (nSPS) is 16.2. The maximum absolute atomic E-state index is 12.2. The number of benzene rings is 1. The van der Waals surface area contributed by atoms with Gasteiger partial charge < -0.3 is 20.3 Å². The number of anilines is 2. The smallest absolute Gasteiger partial charge is 0.325 e. The summed E-state index contributed by atoms with van der Waals surface area (Å²) in [6.45, 7) is 4.84. The first kappa shape index (κ1) is 22.2. The summed E-state index contributed by atoms with van der Waals surface area (Å²) in [5, 5.41) is 5.27. The van der Waals surface area contributed by atoms with Gasteiger partial charge in [-0.25, -0.2) is 4.79 Å². The summed E-state index contributed by atoms with van der Waals surface area (Å²) in [4.78, 5) is 51.1. The Morgan fingerprint density at radius 2 is 1.83 bits per heavy atom. The molecule has 9 nitrogen and oxygen atoms in total. The highest BCUT2D eigenvalue weighted by Gasteiger charge is 2.43. The lowest BCUT2D eigenvalue weighted by Crippen LogP contribution is -2.40. The third kappa shape index (κ3) is 5.69. The summed E-state index contributed by atoms with van der Waals surface area (Å²) in [5.74, 6) is -1.34. The minimum atomic E-state index is -0.966. The molecule has 1 aromatic rings. The SMILES string of the molecule is C[C@H](OC(=O)CCCN1C(=O)NC(C)(C)C1=O)C(=O)Nc1ccc(N(C)C)cc1. The van der Waals surface area contributed by atoms with E-state index in [2.05, 4.69) is 10.6 Å². The third-order valence-electron chi connectivity index (χ3n) is 4.54. The number of carbonyl (C=O) groups excluding carboxylic acids is 4. The zero-order valence-electron chi connectivity index (χ0n) is 17.4. The quantitative estimate of drug-likeness (QED) is 0.505. The van der Waals surface area contributed by atoms with Crippen LogP contribution in [0.4, 0.5) is 16.2 Å². The van der Waals surface area contributed by atoms with E-state index in [1.54, 1.807) is 26.0 Å². The topological polar surface area (TPSA) is 108 Å². The largest absolute Gasteiger partial charge is 0.453 e. The Labute approximate surface area is 170 Å². The molecule has 1 saturated heterocycles. The average molecular weight is 404 g/mol. The summed E-state index contributed by atoms with van der Waals surface area (Å²) < 4.78 is 5.14. The zero-order valence-corrected chi connectivity index (χ0v) is 17.4. The van der Waals surface area contributed by atoms with Crippen LogP contribution in [0.15, 0.2) is 24.3 Å². The van der Waals surface area contributed by atoms with Crippen LogP contribution in [-0.4, -0.2) is 61.0 Å². The van der Waals surface area contributed by atoms with Crippen LogP contribution in [0, 0.1) is 0 Å². The van der Waals surface area contributed by atoms with Crippen molar-refractivity contribution in [1.29, 1.82) is 0 Å². The van der Waals surface area contributed by atoms with Crippen molar-refractivity contribution in [2.24, 2.45) is 0 Å². The highest BCUT2D eigenvalue weighted by molar-refractivity contribution is 6.06. The first-order chi connectivity index (χ1) is 13.5. The number of carbonyl (C=O) groups is 4. The van der Waals surface area contributed by atoms with E-state index < -0.39 is 29.6 Å². The van der Waals surface area contributed by atoms with Crippen LogP contribution in [0.2, 0.25) is 0 Å². The molecule has 0 spiro atoms. The second-order valence-electron chi connectivity index (χ2n) is 7.68. The Hall–Kier alpha value is -3.10. The number of esters is 1.